The molecule has 0 nitrogen and oxygen atoms in total. The van der Waals surface area contributed by atoms with Gasteiger partial charge in [-0.25, -0.2) is 4.39 Å². The summed E-state index contributed by atoms with van der Waals surface area (Å²) in [7, 11) is 0. The smallest absolute Gasteiger partial charge is 0.206 e. The molecule has 0 aliphatic heterocycles. The SMILES string of the molecule is Cc1ccc2cc(C(F)(F)F)c(F)cc2c1. The summed E-state index contributed by atoms with van der Waals surface area (Å²) in [6, 6.07) is 6.66. The molecule has 0 fully saturated rings. The van der Waals surface area contributed by atoms with Gasteiger partial charge in [0.25, 0.3) is 0 Å². The second-order valence-corrected chi connectivity index (χ2v) is 3.68. The van der Waals surface area contributed by atoms with Crippen molar-refractivity contribution >= 4 is 10.8 Å². The van der Waals surface area contributed by atoms with Crippen molar-refractivity contribution in [2.24, 2.45) is 0 Å². The summed E-state index contributed by atoms with van der Waals surface area (Å²) in [5.41, 5.74) is -0.337. The first-order valence-corrected chi connectivity index (χ1v) is 4.65. The van der Waals surface area contributed by atoms with Crippen molar-refractivity contribution in [3.05, 3.63) is 47.3 Å². The molecular formula is C12H8F4. The van der Waals surface area contributed by atoms with E-state index in [9.17, 15) is 17.6 Å². The van der Waals surface area contributed by atoms with Crippen LogP contribution in [-0.2, 0) is 6.18 Å². The van der Waals surface area contributed by atoms with E-state index in [4.69, 9.17) is 0 Å². The molecule has 0 aliphatic carbocycles. The van der Waals surface area contributed by atoms with Crippen LogP contribution in [0.5, 0.6) is 0 Å². The Morgan fingerprint density at radius 2 is 1.62 bits per heavy atom. The van der Waals surface area contributed by atoms with Crippen LogP contribution in [0.3, 0.4) is 0 Å². The van der Waals surface area contributed by atoms with E-state index in [2.05, 4.69) is 0 Å². The summed E-state index contributed by atoms with van der Waals surface area (Å²) in [4.78, 5) is 0. The molecule has 0 atom stereocenters. The lowest BCUT2D eigenvalue weighted by Gasteiger charge is -2.09. The van der Waals surface area contributed by atoms with Crippen LogP contribution in [0, 0.1) is 12.7 Å². The van der Waals surface area contributed by atoms with Gasteiger partial charge in [0.05, 0.1) is 5.56 Å². The van der Waals surface area contributed by atoms with Gasteiger partial charge in [0.15, 0.2) is 0 Å². The third-order valence-electron chi connectivity index (χ3n) is 2.39. The fraction of sp³-hybridized carbons (Fsp3) is 0.167. The predicted octanol–water partition coefficient (Wildman–Crippen LogP) is 4.31. The minimum Gasteiger partial charge on any atom is -0.206 e. The van der Waals surface area contributed by atoms with Crippen LogP contribution in [0.15, 0.2) is 30.3 Å². The number of aryl methyl sites for hydroxylation is 1. The summed E-state index contributed by atoms with van der Waals surface area (Å²) < 4.78 is 50.5. The standard InChI is InChI=1S/C12H8F4/c1-7-2-3-8-5-10(12(14,15)16)11(13)6-9(8)4-7/h2-6H,1H3. The first-order valence-electron chi connectivity index (χ1n) is 4.65. The molecule has 84 valence electrons. The van der Waals surface area contributed by atoms with Crippen LogP contribution in [0.4, 0.5) is 17.6 Å². The Hall–Kier alpha value is -1.58. The van der Waals surface area contributed by atoms with Gasteiger partial charge in [-0.1, -0.05) is 23.8 Å². The maximum absolute atomic E-state index is 13.2. The average molecular weight is 228 g/mol. The molecular weight excluding hydrogens is 220 g/mol. The Balaban J connectivity index is 2.72. The Labute approximate surface area is 89.5 Å². The van der Waals surface area contributed by atoms with Crippen molar-refractivity contribution in [1.29, 1.82) is 0 Å². The summed E-state index contributed by atoms with van der Waals surface area (Å²) >= 11 is 0. The molecule has 0 radical (unpaired) electrons. The summed E-state index contributed by atoms with van der Waals surface area (Å²) in [6.07, 6.45) is -4.65. The Morgan fingerprint density at radius 3 is 2.25 bits per heavy atom. The maximum atomic E-state index is 13.2. The molecule has 0 saturated heterocycles. The minimum absolute atomic E-state index is 0.388. The van der Waals surface area contributed by atoms with E-state index in [1.54, 1.807) is 25.1 Å². The highest BCUT2D eigenvalue weighted by molar-refractivity contribution is 5.84. The van der Waals surface area contributed by atoms with Gasteiger partial charge in [0.2, 0.25) is 0 Å². The molecule has 2 aromatic carbocycles. The fourth-order valence-corrected chi connectivity index (χ4v) is 1.61. The van der Waals surface area contributed by atoms with Gasteiger partial charge in [-0.2, -0.15) is 13.2 Å². The lowest BCUT2D eigenvalue weighted by atomic mass is 10.0. The number of fused-ring (bicyclic) bond motifs is 1. The molecule has 0 amide bonds. The van der Waals surface area contributed by atoms with Crippen molar-refractivity contribution < 1.29 is 17.6 Å². The van der Waals surface area contributed by atoms with Crippen molar-refractivity contribution in [2.45, 2.75) is 13.1 Å². The van der Waals surface area contributed by atoms with E-state index >= 15 is 0 Å². The largest absolute Gasteiger partial charge is 0.419 e. The van der Waals surface area contributed by atoms with Gasteiger partial charge in [-0.15, -0.1) is 0 Å². The van der Waals surface area contributed by atoms with E-state index in [-0.39, 0.29) is 0 Å². The summed E-state index contributed by atoms with van der Waals surface area (Å²) in [6.45, 7) is 1.80. The maximum Gasteiger partial charge on any atom is 0.419 e. The monoisotopic (exact) mass is 228 g/mol. The highest BCUT2D eigenvalue weighted by Crippen LogP contribution is 2.33. The third kappa shape index (κ3) is 1.87. The van der Waals surface area contributed by atoms with Gasteiger partial charge in [-0.3, -0.25) is 0 Å². The highest BCUT2D eigenvalue weighted by Gasteiger charge is 2.34. The molecule has 0 saturated carbocycles. The Kier molecular flexibility index (Phi) is 2.37. The van der Waals surface area contributed by atoms with Crippen molar-refractivity contribution in [3.8, 4) is 0 Å². The van der Waals surface area contributed by atoms with E-state index in [1.807, 2.05) is 0 Å². The van der Waals surface area contributed by atoms with E-state index < -0.39 is 17.6 Å². The van der Waals surface area contributed by atoms with Crippen molar-refractivity contribution in [3.63, 3.8) is 0 Å². The molecule has 2 rings (SSSR count). The molecule has 0 bridgehead atoms. The molecule has 16 heavy (non-hydrogen) atoms. The van der Waals surface area contributed by atoms with Crippen LogP contribution in [0.25, 0.3) is 10.8 Å². The van der Waals surface area contributed by atoms with Crippen LogP contribution < -0.4 is 0 Å². The van der Waals surface area contributed by atoms with Gasteiger partial charge in [-0.05, 0) is 29.8 Å². The number of alkyl halides is 3. The molecule has 0 aliphatic rings. The first-order chi connectivity index (χ1) is 7.38. The van der Waals surface area contributed by atoms with E-state index in [0.29, 0.717) is 10.8 Å². The summed E-state index contributed by atoms with van der Waals surface area (Å²) in [5, 5.41) is 0.866. The Bertz CT molecular complexity index is 540. The highest BCUT2D eigenvalue weighted by atomic mass is 19.4. The second-order valence-electron chi connectivity index (χ2n) is 3.68. The number of hydrogen-bond donors (Lipinski definition) is 0. The van der Waals surface area contributed by atoms with Crippen LogP contribution in [0.1, 0.15) is 11.1 Å². The molecule has 0 spiro atoms. The molecule has 0 aromatic heterocycles. The minimum atomic E-state index is -4.65. The predicted molar refractivity (Wildman–Crippen MR) is 53.6 cm³/mol. The first kappa shape index (κ1) is 10.9. The summed E-state index contributed by atoms with van der Waals surface area (Å²) in [5.74, 6) is -1.23. The van der Waals surface area contributed by atoms with Gasteiger partial charge >= 0.3 is 6.18 Å². The molecule has 4 heteroatoms. The topological polar surface area (TPSA) is 0 Å². The second kappa shape index (κ2) is 3.47. The zero-order valence-electron chi connectivity index (χ0n) is 8.40. The average Bonchev–Trinajstić information content (AvgIpc) is 2.14. The van der Waals surface area contributed by atoms with E-state index in [0.717, 1.165) is 17.7 Å². The van der Waals surface area contributed by atoms with Crippen LogP contribution in [0.2, 0.25) is 0 Å². The molecule has 0 heterocycles. The fourth-order valence-electron chi connectivity index (χ4n) is 1.61. The number of rotatable bonds is 0. The Morgan fingerprint density at radius 1 is 0.938 bits per heavy atom. The van der Waals surface area contributed by atoms with Crippen LogP contribution in [-0.4, -0.2) is 0 Å². The zero-order chi connectivity index (χ0) is 11.9. The molecule has 0 unspecified atom stereocenters. The van der Waals surface area contributed by atoms with Crippen molar-refractivity contribution in [2.75, 3.05) is 0 Å². The number of hydrogen-bond acceptors (Lipinski definition) is 0. The molecule has 2 aromatic rings. The van der Waals surface area contributed by atoms with E-state index in [1.165, 1.54) is 0 Å². The van der Waals surface area contributed by atoms with Crippen LogP contribution >= 0.6 is 0 Å². The lowest BCUT2D eigenvalue weighted by molar-refractivity contribution is -0.139. The third-order valence-corrected chi connectivity index (χ3v) is 2.39. The number of benzene rings is 2. The zero-order valence-corrected chi connectivity index (χ0v) is 8.40. The van der Waals surface area contributed by atoms with Crippen molar-refractivity contribution in [1.82, 2.24) is 0 Å². The quantitative estimate of drug-likeness (QED) is 0.589. The lowest BCUT2D eigenvalue weighted by Crippen LogP contribution is -2.07. The van der Waals surface area contributed by atoms with Gasteiger partial charge in [0, 0.05) is 0 Å². The molecule has 0 N–H and O–H groups in total. The number of halogens is 4. The normalized spacial score (nSPS) is 12.1. The van der Waals surface area contributed by atoms with Gasteiger partial charge in [0.1, 0.15) is 5.82 Å². The van der Waals surface area contributed by atoms with Gasteiger partial charge < -0.3 is 0 Å².